The molecule has 1 aromatic rings. The van der Waals surface area contributed by atoms with E-state index in [9.17, 15) is 0 Å². The predicted molar refractivity (Wildman–Crippen MR) is 84.6 cm³/mol. The Morgan fingerprint density at radius 1 is 1.56 bits per heavy atom. The van der Waals surface area contributed by atoms with Crippen molar-refractivity contribution in [3.05, 3.63) is 29.8 Å². The SMILES string of the molecule is COc1cccc(C2CCCN2/C(N)=N\Cl)c1.I. The summed E-state index contributed by atoms with van der Waals surface area (Å²) in [5, 5.41) is 0. The third-order valence-corrected chi connectivity index (χ3v) is 3.29. The minimum atomic E-state index is 0. The second-order valence-corrected chi connectivity index (χ2v) is 4.24. The van der Waals surface area contributed by atoms with Crippen LogP contribution in [0.25, 0.3) is 0 Å². The van der Waals surface area contributed by atoms with Gasteiger partial charge in [0.05, 0.1) is 13.2 Å². The molecular weight excluding hydrogens is 365 g/mol. The first-order valence-corrected chi connectivity index (χ1v) is 5.95. The minimum absolute atomic E-state index is 0. The summed E-state index contributed by atoms with van der Waals surface area (Å²) < 4.78 is 8.78. The van der Waals surface area contributed by atoms with Gasteiger partial charge in [-0.15, -0.1) is 28.5 Å². The van der Waals surface area contributed by atoms with Gasteiger partial charge in [0.2, 0.25) is 5.96 Å². The van der Waals surface area contributed by atoms with Crippen molar-refractivity contribution in [3.63, 3.8) is 0 Å². The van der Waals surface area contributed by atoms with Gasteiger partial charge in [-0.05, 0) is 30.5 Å². The Bertz CT molecular complexity index is 428. The average molecular weight is 382 g/mol. The molecule has 1 aliphatic heterocycles. The predicted octanol–water partition coefficient (Wildman–Crippen LogP) is 2.92. The van der Waals surface area contributed by atoms with E-state index in [1.54, 1.807) is 7.11 Å². The second kappa shape index (κ2) is 7.04. The zero-order valence-electron chi connectivity index (χ0n) is 10.2. The van der Waals surface area contributed by atoms with Crippen LogP contribution < -0.4 is 10.5 Å². The van der Waals surface area contributed by atoms with Crippen molar-refractivity contribution < 1.29 is 4.74 Å². The zero-order valence-corrected chi connectivity index (χ0v) is 13.3. The quantitative estimate of drug-likeness (QED) is 0.487. The average Bonchev–Trinajstić information content (AvgIpc) is 2.87. The molecule has 0 spiro atoms. The van der Waals surface area contributed by atoms with Gasteiger partial charge in [0.1, 0.15) is 5.75 Å². The monoisotopic (exact) mass is 381 g/mol. The number of ether oxygens (including phenoxy) is 1. The van der Waals surface area contributed by atoms with Crippen molar-refractivity contribution in [2.24, 2.45) is 10.2 Å². The largest absolute Gasteiger partial charge is 0.497 e. The van der Waals surface area contributed by atoms with E-state index in [1.165, 1.54) is 5.56 Å². The third-order valence-electron chi connectivity index (χ3n) is 3.11. The molecule has 100 valence electrons. The van der Waals surface area contributed by atoms with Gasteiger partial charge < -0.3 is 15.4 Å². The van der Waals surface area contributed by atoms with E-state index in [1.807, 2.05) is 23.1 Å². The Hall–Kier alpha value is -0.690. The Balaban J connectivity index is 0.00000162. The van der Waals surface area contributed by atoms with Crippen molar-refractivity contribution in [1.82, 2.24) is 4.90 Å². The molecule has 0 saturated carbocycles. The van der Waals surface area contributed by atoms with Crippen molar-refractivity contribution in [2.75, 3.05) is 13.7 Å². The number of nitrogens with zero attached hydrogens (tertiary/aromatic N) is 2. The Morgan fingerprint density at radius 3 is 3.00 bits per heavy atom. The first-order chi connectivity index (χ1) is 8.26. The molecule has 1 aliphatic rings. The van der Waals surface area contributed by atoms with E-state index in [2.05, 4.69) is 10.6 Å². The van der Waals surface area contributed by atoms with Crippen molar-refractivity contribution in [1.29, 1.82) is 0 Å². The van der Waals surface area contributed by atoms with E-state index >= 15 is 0 Å². The maximum Gasteiger partial charge on any atom is 0.209 e. The van der Waals surface area contributed by atoms with Crippen LogP contribution in [0, 0.1) is 0 Å². The summed E-state index contributed by atoms with van der Waals surface area (Å²) >= 11 is 5.44. The molecule has 0 amide bonds. The second-order valence-electron chi connectivity index (χ2n) is 4.07. The molecule has 1 unspecified atom stereocenters. The summed E-state index contributed by atoms with van der Waals surface area (Å²) in [5.74, 6) is 1.24. The van der Waals surface area contributed by atoms with E-state index in [0.717, 1.165) is 25.1 Å². The fourth-order valence-corrected chi connectivity index (χ4v) is 2.38. The van der Waals surface area contributed by atoms with Crippen LogP contribution in [0.4, 0.5) is 0 Å². The van der Waals surface area contributed by atoms with Gasteiger partial charge in [0.25, 0.3) is 0 Å². The molecule has 2 rings (SSSR count). The number of hydrogen-bond donors (Lipinski definition) is 1. The summed E-state index contributed by atoms with van der Waals surface area (Å²) in [4.78, 5) is 2.03. The molecule has 2 N–H and O–H groups in total. The molecule has 1 aromatic carbocycles. The lowest BCUT2D eigenvalue weighted by Gasteiger charge is -2.25. The van der Waals surface area contributed by atoms with Gasteiger partial charge in [0.15, 0.2) is 0 Å². The van der Waals surface area contributed by atoms with Crippen LogP contribution in [-0.4, -0.2) is 24.5 Å². The van der Waals surface area contributed by atoms with Crippen molar-refractivity contribution in [3.8, 4) is 5.75 Å². The first kappa shape index (κ1) is 15.4. The molecule has 1 atom stereocenters. The third kappa shape index (κ3) is 3.20. The number of guanidine groups is 1. The van der Waals surface area contributed by atoms with Crippen LogP contribution in [0.3, 0.4) is 0 Å². The highest BCUT2D eigenvalue weighted by molar-refractivity contribution is 14.0. The van der Waals surface area contributed by atoms with Crippen LogP contribution in [0.1, 0.15) is 24.4 Å². The number of rotatable bonds is 2. The normalized spacial score (nSPS) is 19.6. The van der Waals surface area contributed by atoms with Crippen LogP contribution >= 0.6 is 35.8 Å². The topological polar surface area (TPSA) is 50.9 Å². The Kier molecular flexibility index (Phi) is 6.01. The molecule has 4 nitrogen and oxygen atoms in total. The van der Waals surface area contributed by atoms with Crippen molar-refractivity contribution in [2.45, 2.75) is 18.9 Å². The highest BCUT2D eigenvalue weighted by Gasteiger charge is 2.27. The van der Waals surface area contributed by atoms with E-state index < -0.39 is 0 Å². The number of benzene rings is 1. The van der Waals surface area contributed by atoms with Crippen LogP contribution in [0.2, 0.25) is 0 Å². The molecule has 1 heterocycles. The lowest BCUT2D eigenvalue weighted by molar-refractivity contribution is 0.389. The standard InChI is InChI=1S/C12H16ClN3O.HI/c1-17-10-5-2-4-9(8-10)11-6-3-7-16(11)12(14)15-13;/h2,4-5,8,11H,3,6-7H2,1H3,(H2,14,15);1H. The van der Waals surface area contributed by atoms with Crippen LogP contribution in [0.5, 0.6) is 5.75 Å². The molecule has 18 heavy (non-hydrogen) atoms. The highest BCUT2D eigenvalue weighted by Crippen LogP contribution is 2.33. The molecule has 0 bridgehead atoms. The molecule has 0 radical (unpaired) electrons. The molecule has 0 aromatic heterocycles. The van der Waals surface area contributed by atoms with Gasteiger partial charge in [-0.1, -0.05) is 12.1 Å². The summed E-state index contributed by atoms with van der Waals surface area (Å²) in [6, 6.07) is 8.27. The van der Waals surface area contributed by atoms with E-state index in [4.69, 9.17) is 22.2 Å². The Labute approximate surface area is 129 Å². The molecule has 6 heteroatoms. The smallest absolute Gasteiger partial charge is 0.209 e. The van der Waals surface area contributed by atoms with Crippen molar-refractivity contribution >= 4 is 41.7 Å². The molecule has 0 aliphatic carbocycles. The lowest BCUT2D eigenvalue weighted by Crippen LogP contribution is -2.36. The number of likely N-dealkylation sites (tertiary alicyclic amines) is 1. The molecule has 1 saturated heterocycles. The maximum atomic E-state index is 5.79. The lowest BCUT2D eigenvalue weighted by atomic mass is 10.0. The number of hydrogen-bond acceptors (Lipinski definition) is 2. The zero-order chi connectivity index (χ0) is 12.3. The Morgan fingerprint density at radius 2 is 2.33 bits per heavy atom. The molecule has 1 fully saturated rings. The summed E-state index contributed by atoms with van der Waals surface area (Å²) in [5.41, 5.74) is 6.97. The fraction of sp³-hybridized carbons (Fsp3) is 0.417. The van der Waals surface area contributed by atoms with E-state index in [0.29, 0.717) is 5.96 Å². The number of methoxy groups -OCH3 is 1. The van der Waals surface area contributed by atoms with Gasteiger partial charge >= 0.3 is 0 Å². The molecular formula is C12H17ClIN3O. The van der Waals surface area contributed by atoms with Gasteiger partial charge in [0, 0.05) is 18.3 Å². The number of halogens is 2. The van der Waals surface area contributed by atoms with Gasteiger partial charge in [-0.25, -0.2) is 0 Å². The maximum absolute atomic E-state index is 5.79. The van der Waals surface area contributed by atoms with Crippen LogP contribution in [-0.2, 0) is 0 Å². The summed E-state index contributed by atoms with van der Waals surface area (Å²) in [6.07, 6.45) is 2.15. The fourth-order valence-electron chi connectivity index (χ4n) is 2.28. The van der Waals surface area contributed by atoms with E-state index in [-0.39, 0.29) is 30.0 Å². The van der Waals surface area contributed by atoms with Gasteiger partial charge in [-0.3, -0.25) is 0 Å². The number of nitrogens with two attached hydrogens (primary N) is 1. The first-order valence-electron chi connectivity index (χ1n) is 5.61. The minimum Gasteiger partial charge on any atom is -0.497 e. The summed E-state index contributed by atoms with van der Waals surface area (Å²) in [7, 11) is 1.67. The van der Waals surface area contributed by atoms with Crippen LogP contribution in [0.15, 0.2) is 28.8 Å². The van der Waals surface area contributed by atoms with Gasteiger partial charge in [-0.2, -0.15) is 0 Å². The summed E-state index contributed by atoms with van der Waals surface area (Å²) in [6.45, 7) is 0.893. The highest BCUT2D eigenvalue weighted by atomic mass is 127.